The molecule has 10 nitrogen and oxygen atoms in total. The Hall–Kier alpha value is -3.55. The number of hydrogen-bond acceptors (Lipinski definition) is 8. The fourth-order valence-corrected chi connectivity index (χ4v) is 2.81. The molecule has 2 amide bonds. The first kappa shape index (κ1) is 20.2. The van der Waals surface area contributed by atoms with Gasteiger partial charge in [-0.25, -0.2) is 9.97 Å². The highest BCUT2D eigenvalue weighted by Crippen LogP contribution is 2.29. The first-order valence-corrected chi connectivity index (χ1v) is 8.89. The van der Waals surface area contributed by atoms with E-state index in [0.29, 0.717) is 36.0 Å². The van der Waals surface area contributed by atoms with Gasteiger partial charge in [-0.1, -0.05) is 0 Å². The van der Waals surface area contributed by atoms with E-state index >= 15 is 0 Å². The Labute approximate surface area is 167 Å². The Kier molecular flexibility index (Phi) is 6.01. The molecule has 0 radical (unpaired) electrons. The fraction of sp³-hybridized carbons (Fsp3) is 0.316. The highest BCUT2D eigenvalue weighted by atomic mass is 16.5. The van der Waals surface area contributed by atoms with Crippen LogP contribution in [0.15, 0.2) is 36.7 Å². The van der Waals surface area contributed by atoms with Gasteiger partial charge in [-0.05, 0) is 18.2 Å². The van der Waals surface area contributed by atoms with Crippen LogP contribution in [-0.2, 0) is 9.53 Å². The average Bonchev–Trinajstić information content (AvgIpc) is 3.04. The lowest BCUT2D eigenvalue weighted by Crippen LogP contribution is -2.38. The molecule has 150 valence electrons. The van der Waals surface area contributed by atoms with Gasteiger partial charge >= 0.3 is 0 Å². The van der Waals surface area contributed by atoms with Crippen molar-refractivity contribution in [3.05, 3.63) is 42.2 Å². The summed E-state index contributed by atoms with van der Waals surface area (Å²) in [5.74, 6) is -0.0188. The Morgan fingerprint density at radius 3 is 2.86 bits per heavy atom. The van der Waals surface area contributed by atoms with E-state index < -0.39 is 11.5 Å². The summed E-state index contributed by atoms with van der Waals surface area (Å²) < 4.78 is 4.88. The minimum absolute atomic E-state index is 0.0445. The van der Waals surface area contributed by atoms with Gasteiger partial charge in [0.2, 0.25) is 5.60 Å². The van der Waals surface area contributed by atoms with Crippen molar-refractivity contribution in [2.24, 2.45) is 0 Å². The van der Waals surface area contributed by atoms with Gasteiger partial charge < -0.3 is 25.4 Å². The number of anilines is 3. The summed E-state index contributed by atoms with van der Waals surface area (Å²) in [4.78, 5) is 34.0. The van der Waals surface area contributed by atoms with Crippen molar-refractivity contribution in [2.45, 2.75) is 12.0 Å². The van der Waals surface area contributed by atoms with Gasteiger partial charge in [-0.15, -0.1) is 0 Å². The zero-order valence-electron chi connectivity index (χ0n) is 15.8. The van der Waals surface area contributed by atoms with Crippen LogP contribution in [0.5, 0.6) is 0 Å². The number of carbonyl (C=O) groups is 2. The SMILES string of the molecule is COCCNC(=O)c1ccc(Nc2cc(N3CC[C@](O)(C#N)C3=O)ccn2)nc1. The molecule has 29 heavy (non-hydrogen) atoms. The van der Waals surface area contributed by atoms with Crippen LogP contribution in [0, 0.1) is 11.3 Å². The second kappa shape index (κ2) is 8.64. The van der Waals surface area contributed by atoms with Gasteiger partial charge in [0.15, 0.2) is 0 Å². The van der Waals surface area contributed by atoms with Crippen molar-refractivity contribution in [3.8, 4) is 6.07 Å². The first-order valence-electron chi connectivity index (χ1n) is 8.89. The molecule has 1 atom stereocenters. The number of aromatic nitrogens is 2. The van der Waals surface area contributed by atoms with Crippen molar-refractivity contribution in [3.63, 3.8) is 0 Å². The highest BCUT2D eigenvalue weighted by molar-refractivity contribution is 6.03. The molecular weight excluding hydrogens is 376 g/mol. The summed E-state index contributed by atoms with van der Waals surface area (Å²) in [5.41, 5.74) is -1.07. The molecule has 10 heteroatoms. The summed E-state index contributed by atoms with van der Waals surface area (Å²) in [5, 5.41) is 24.7. The predicted molar refractivity (Wildman–Crippen MR) is 103 cm³/mol. The van der Waals surface area contributed by atoms with Gasteiger partial charge in [0, 0.05) is 50.8 Å². The number of methoxy groups -OCH3 is 1. The molecule has 0 bridgehead atoms. The first-order chi connectivity index (χ1) is 14.0. The number of hydrogen-bond donors (Lipinski definition) is 3. The molecule has 2 aromatic heterocycles. The molecular formula is C19H20N6O4. The largest absolute Gasteiger partial charge is 0.383 e. The molecule has 0 aromatic carbocycles. The maximum atomic E-state index is 12.3. The van der Waals surface area contributed by atoms with E-state index in [9.17, 15) is 14.7 Å². The third-order valence-electron chi connectivity index (χ3n) is 4.41. The summed E-state index contributed by atoms with van der Waals surface area (Å²) >= 11 is 0. The van der Waals surface area contributed by atoms with E-state index in [1.54, 1.807) is 37.4 Å². The van der Waals surface area contributed by atoms with E-state index in [-0.39, 0.29) is 18.9 Å². The number of nitrogens with zero attached hydrogens (tertiary/aromatic N) is 4. The predicted octanol–water partition coefficient (Wildman–Crippen LogP) is 0.588. The molecule has 0 aliphatic carbocycles. The van der Waals surface area contributed by atoms with E-state index in [1.165, 1.54) is 17.3 Å². The van der Waals surface area contributed by atoms with Gasteiger partial charge in [0.05, 0.1) is 12.2 Å². The Morgan fingerprint density at radius 1 is 1.38 bits per heavy atom. The summed E-state index contributed by atoms with van der Waals surface area (Å²) in [6, 6.07) is 8.15. The maximum Gasteiger partial charge on any atom is 0.273 e. The van der Waals surface area contributed by atoms with E-state index in [2.05, 4.69) is 20.6 Å². The molecule has 1 fully saturated rings. The van der Waals surface area contributed by atoms with Crippen LogP contribution in [0.25, 0.3) is 0 Å². The third kappa shape index (κ3) is 4.48. The number of ether oxygens (including phenoxy) is 1. The number of aliphatic hydroxyl groups is 1. The van der Waals surface area contributed by atoms with Crippen LogP contribution in [-0.4, -0.2) is 59.3 Å². The van der Waals surface area contributed by atoms with Gasteiger partial charge in [0.1, 0.15) is 17.7 Å². The van der Waals surface area contributed by atoms with Gasteiger partial charge in [-0.3, -0.25) is 9.59 Å². The minimum Gasteiger partial charge on any atom is -0.383 e. The molecule has 1 aliphatic rings. The number of nitriles is 1. The number of amides is 2. The molecule has 0 saturated carbocycles. The van der Waals surface area contributed by atoms with Crippen LogP contribution in [0.4, 0.5) is 17.3 Å². The number of nitrogens with one attached hydrogen (secondary N) is 2. The molecule has 3 rings (SSSR count). The normalized spacial score (nSPS) is 18.4. The molecule has 1 aliphatic heterocycles. The Bertz CT molecular complexity index is 942. The number of carbonyl (C=O) groups excluding carboxylic acids is 2. The van der Waals surface area contributed by atoms with Gasteiger partial charge in [-0.2, -0.15) is 5.26 Å². The Morgan fingerprint density at radius 2 is 2.21 bits per heavy atom. The van der Waals surface area contributed by atoms with Crippen LogP contribution in [0.3, 0.4) is 0 Å². The van der Waals surface area contributed by atoms with Crippen LogP contribution >= 0.6 is 0 Å². The molecule has 1 saturated heterocycles. The van der Waals surface area contributed by atoms with Crippen molar-refractivity contribution >= 4 is 29.1 Å². The smallest absolute Gasteiger partial charge is 0.273 e. The zero-order valence-corrected chi connectivity index (χ0v) is 15.8. The second-order valence-electron chi connectivity index (χ2n) is 6.38. The highest BCUT2D eigenvalue weighted by Gasteiger charge is 2.46. The standard InChI is InChI=1S/C19H20N6O4/c1-29-9-7-22-17(26)13-2-3-15(23-11-13)24-16-10-14(4-6-21-16)25-8-5-19(28,12-20)18(25)27/h2-4,6,10-11,28H,5,7-9H2,1H3,(H,22,26)(H,21,23,24)/t19-/m0/s1. The lowest BCUT2D eigenvalue weighted by atomic mass is 10.1. The van der Waals surface area contributed by atoms with E-state index in [4.69, 9.17) is 10.00 Å². The fourth-order valence-electron chi connectivity index (χ4n) is 2.81. The average molecular weight is 396 g/mol. The maximum absolute atomic E-state index is 12.3. The summed E-state index contributed by atoms with van der Waals surface area (Å²) in [6.07, 6.45) is 2.99. The van der Waals surface area contributed by atoms with E-state index in [0.717, 1.165) is 0 Å². The second-order valence-corrected chi connectivity index (χ2v) is 6.38. The molecule has 3 heterocycles. The summed E-state index contributed by atoms with van der Waals surface area (Å²) in [7, 11) is 1.56. The van der Waals surface area contributed by atoms with Gasteiger partial charge in [0.25, 0.3) is 11.8 Å². The Balaban J connectivity index is 1.67. The zero-order chi connectivity index (χ0) is 20.9. The molecule has 0 unspecified atom stereocenters. The van der Waals surface area contributed by atoms with Crippen LogP contribution in [0.2, 0.25) is 0 Å². The molecule has 0 spiro atoms. The van der Waals surface area contributed by atoms with Crippen LogP contribution < -0.4 is 15.5 Å². The number of pyridine rings is 2. The number of rotatable bonds is 7. The third-order valence-corrected chi connectivity index (χ3v) is 4.41. The quantitative estimate of drug-likeness (QED) is 0.456. The molecule has 2 aromatic rings. The van der Waals surface area contributed by atoms with Crippen molar-refractivity contribution < 1.29 is 19.4 Å². The van der Waals surface area contributed by atoms with Crippen LogP contribution in [0.1, 0.15) is 16.8 Å². The summed E-state index contributed by atoms with van der Waals surface area (Å²) in [6.45, 7) is 1.06. The van der Waals surface area contributed by atoms with E-state index in [1.807, 2.05) is 0 Å². The van der Waals surface area contributed by atoms with Crippen molar-refractivity contribution in [1.29, 1.82) is 5.26 Å². The lowest BCUT2D eigenvalue weighted by molar-refractivity contribution is -0.128. The monoisotopic (exact) mass is 396 g/mol. The topological polar surface area (TPSA) is 140 Å². The minimum atomic E-state index is -1.99. The lowest BCUT2D eigenvalue weighted by Gasteiger charge is -2.18. The molecule has 3 N–H and O–H groups in total. The van der Waals surface area contributed by atoms with Crippen molar-refractivity contribution in [2.75, 3.05) is 37.0 Å². The van der Waals surface area contributed by atoms with Crippen molar-refractivity contribution in [1.82, 2.24) is 15.3 Å².